The molecule has 5 heteroatoms. The summed E-state index contributed by atoms with van der Waals surface area (Å²) in [4.78, 5) is 4.29. The number of aryl methyl sites for hydroxylation is 1. The van der Waals surface area contributed by atoms with E-state index >= 15 is 0 Å². The third kappa shape index (κ3) is 3.55. The Balaban J connectivity index is 1.73. The third-order valence-electron chi connectivity index (χ3n) is 3.44. The zero-order chi connectivity index (χ0) is 14.8. The number of ether oxygens (including phenoxy) is 1. The van der Waals surface area contributed by atoms with Crippen LogP contribution < -0.4 is 10.1 Å². The third-order valence-corrected chi connectivity index (χ3v) is 3.44. The van der Waals surface area contributed by atoms with Crippen molar-refractivity contribution in [2.24, 2.45) is 0 Å². The molecule has 0 aliphatic heterocycles. The zero-order valence-electron chi connectivity index (χ0n) is 11.7. The van der Waals surface area contributed by atoms with Gasteiger partial charge in [-0.2, -0.15) is 0 Å². The van der Waals surface area contributed by atoms with E-state index in [1.54, 1.807) is 6.07 Å². The minimum atomic E-state index is -0.615. The second kappa shape index (κ2) is 5.77. The number of pyridine rings is 1. The van der Waals surface area contributed by atoms with Crippen LogP contribution in [0.25, 0.3) is 0 Å². The summed E-state index contributed by atoms with van der Waals surface area (Å²) in [5, 5.41) is 3.41. The van der Waals surface area contributed by atoms with Gasteiger partial charge in [-0.25, -0.2) is 13.8 Å². The minimum absolute atomic E-state index is 0.161. The fourth-order valence-electron chi connectivity index (χ4n) is 2.02. The molecule has 21 heavy (non-hydrogen) atoms. The maximum Gasteiger partial charge on any atom is 0.219 e. The van der Waals surface area contributed by atoms with Gasteiger partial charge in [0.15, 0.2) is 11.6 Å². The quantitative estimate of drug-likeness (QED) is 0.911. The van der Waals surface area contributed by atoms with Crippen LogP contribution in [0.4, 0.5) is 8.78 Å². The lowest BCUT2D eigenvalue weighted by atomic mass is 10.2. The molecule has 2 aromatic rings. The fourth-order valence-corrected chi connectivity index (χ4v) is 2.02. The van der Waals surface area contributed by atoms with Gasteiger partial charge in [-0.15, -0.1) is 0 Å². The summed E-state index contributed by atoms with van der Waals surface area (Å²) in [5.41, 5.74) is 1.89. The molecule has 0 atom stereocenters. The lowest BCUT2D eigenvalue weighted by Gasteiger charge is -2.10. The molecule has 110 valence electrons. The number of benzene rings is 1. The van der Waals surface area contributed by atoms with Crippen molar-refractivity contribution in [2.75, 3.05) is 0 Å². The maximum absolute atomic E-state index is 13.5. The van der Waals surface area contributed by atoms with Gasteiger partial charge in [0.05, 0.1) is 0 Å². The van der Waals surface area contributed by atoms with Crippen LogP contribution in [0.3, 0.4) is 0 Å². The highest BCUT2D eigenvalue weighted by Crippen LogP contribution is 2.25. The highest BCUT2D eigenvalue weighted by molar-refractivity contribution is 5.31. The first kappa shape index (κ1) is 13.9. The Morgan fingerprint density at radius 2 is 2.05 bits per heavy atom. The molecule has 1 aliphatic carbocycles. The molecule has 3 nitrogen and oxygen atoms in total. The SMILES string of the molecule is Cc1nc(Oc2cc(F)ccc2F)ccc1CNC1CC1. The van der Waals surface area contributed by atoms with Gasteiger partial charge in [0.2, 0.25) is 5.88 Å². The molecule has 0 amide bonds. The topological polar surface area (TPSA) is 34.1 Å². The van der Waals surface area contributed by atoms with E-state index in [4.69, 9.17) is 4.74 Å². The number of aromatic nitrogens is 1. The molecule has 0 unspecified atom stereocenters. The van der Waals surface area contributed by atoms with Crippen LogP contribution in [0.15, 0.2) is 30.3 Å². The first-order valence-corrected chi connectivity index (χ1v) is 6.94. The Hall–Kier alpha value is -2.01. The van der Waals surface area contributed by atoms with Crippen molar-refractivity contribution in [1.29, 1.82) is 0 Å². The normalized spacial score (nSPS) is 14.2. The number of rotatable bonds is 5. The largest absolute Gasteiger partial charge is 0.436 e. The summed E-state index contributed by atoms with van der Waals surface area (Å²) >= 11 is 0. The molecule has 0 spiro atoms. The van der Waals surface area contributed by atoms with Crippen LogP contribution in [-0.4, -0.2) is 11.0 Å². The molecule has 1 aromatic carbocycles. The predicted molar refractivity (Wildman–Crippen MR) is 75.3 cm³/mol. The highest BCUT2D eigenvalue weighted by Gasteiger charge is 2.20. The van der Waals surface area contributed by atoms with Gasteiger partial charge in [0.1, 0.15) is 5.82 Å². The number of nitrogens with zero attached hydrogens (tertiary/aromatic N) is 1. The van der Waals surface area contributed by atoms with Crippen LogP contribution in [0, 0.1) is 18.6 Å². The predicted octanol–water partition coefficient (Wildman–Crippen LogP) is 3.71. The smallest absolute Gasteiger partial charge is 0.219 e. The van der Waals surface area contributed by atoms with Gasteiger partial charge in [-0.3, -0.25) is 0 Å². The van der Waals surface area contributed by atoms with Crippen LogP contribution in [-0.2, 0) is 6.54 Å². The minimum Gasteiger partial charge on any atom is -0.436 e. The Morgan fingerprint density at radius 1 is 1.24 bits per heavy atom. The molecule has 1 heterocycles. The van der Waals surface area contributed by atoms with E-state index in [1.807, 2.05) is 13.0 Å². The van der Waals surface area contributed by atoms with Gasteiger partial charge in [-0.1, -0.05) is 6.07 Å². The van der Waals surface area contributed by atoms with E-state index in [0.717, 1.165) is 36.0 Å². The lowest BCUT2D eigenvalue weighted by molar-refractivity contribution is 0.421. The van der Waals surface area contributed by atoms with Crippen LogP contribution >= 0.6 is 0 Å². The van der Waals surface area contributed by atoms with Crippen LogP contribution in [0.5, 0.6) is 11.6 Å². The van der Waals surface area contributed by atoms with Crippen molar-refractivity contribution in [2.45, 2.75) is 32.4 Å². The number of hydrogen-bond donors (Lipinski definition) is 1. The summed E-state index contributed by atoms with van der Waals surface area (Å²) < 4.78 is 31.9. The van der Waals surface area contributed by atoms with E-state index in [0.29, 0.717) is 6.04 Å². The number of hydrogen-bond acceptors (Lipinski definition) is 3. The van der Waals surface area contributed by atoms with Crippen molar-refractivity contribution in [3.05, 3.63) is 53.2 Å². The lowest BCUT2D eigenvalue weighted by Crippen LogP contribution is -2.16. The zero-order valence-corrected chi connectivity index (χ0v) is 11.7. The summed E-state index contributed by atoms with van der Waals surface area (Å²) in [7, 11) is 0. The van der Waals surface area contributed by atoms with Gasteiger partial charge in [0.25, 0.3) is 0 Å². The Kier molecular flexibility index (Phi) is 3.84. The van der Waals surface area contributed by atoms with E-state index in [1.165, 1.54) is 12.8 Å². The monoisotopic (exact) mass is 290 g/mol. The highest BCUT2D eigenvalue weighted by atomic mass is 19.1. The average Bonchev–Trinajstić information content (AvgIpc) is 3.26. The standard InChI is InChI=1S/C16H16F2N2O/c1-10-11(9-19-13-4-5-13)2-7-16(20-10)21-15-8-12(17)3-6-14(15)18/h2-3,6-8,13,19H,4-5,9H2,1H3. The van der Waals surface area contributed by atoms with E-state index in [-0.39, 0.29) is 11.6 Å². The molecule has 1 aliphatic rings. The van der Waals surface area contributed by atoms with Crippen LogP contribution in [0.2, 0.25) is 0 Å². The fraction of sp³-hybridized carbons (Fsp3) is 0.312. The average molecular weight is 290 g/mol. The Morgan fingerprint density at radius 3 is 2.76 bits per heavy atom. The molecule has 1 N–H and O–H groups in total. The molecule has 1 fully saturated rings. The molecule has 0 bridgehead atoms. The molecular formula is C16H16F2N2O. The van der Waals surface area contributed by atoms with Crippen molar-refractivity contribution < 1.29 is 13.5 Å². The molecule has 0 radical (unpaired) electrons. The molecule has 3 rings (SSSR count). The summed E-state index contributed by atoms with van der Waals surface area (Å²) in [6, 6.07) is 7.28. The molecular weight excluding hydrogens is 274 g/mol. The molecule has 1 saturated carbocycles. The maximum atomic E-state index is 13.5. The van der Waals surface area contributed by atoms with Gasteiger partial charge >= 0.3 is 0 Å². The first-order chi connectivity index (χ1) is 10.1. The number of nitrogens with one attached hydrogen (secondary N) is 1. The van der Waals surface area contributed by atoms with Crippen molar-refractivity contribution in [1.82, 2.24) is 10.3 Å². The van der Waals surface area contributed by atoms with Crippen LogP contribution in [0.1, 0.15) is 24.1 Å². The molecule has 1 aromatic heterocycles. The summed E-state index contributed by atoms with van der Waals surface area (Å²) in [6.45, 7) is 2.64. The van der Waals surface area contributed by atoms with Crippen molar-refractivity contribution in [3.63, 3.8) is 0 Å². The van der Waals surface area contributed by atoms with Gasteiger partial charge < -0.3 is 10.1 Å². The van der Waals surface area contributed by atoms with E-state index in [2.05, 4.69) is 10.3 Å². The van der Waals surface area contributed by atoms with Crippen molar-refractivity contribution >= 4 is 0 Å². The summed E-state index contributed by atoms with van der Waals surface area (Å²) in [5.74, 6) is -1.07. The second-order valence-corrected chi connectivity index (χ2v) is 5.23. The number of halogens is 2. The Labute approximate surface area is 122 Å². The summed E-state index contributed by atoms with van der Waals surface area (Å²) in [6.07, 6.45) is 2.46. The van der Waals surface area contributed by atoms with Gasteiger partial charge in [0, 0.05) is 30.4 Å². The molecule has 0 saturated heterocycles. The van der Waals surface area contributed by atoms with Gasteiger partial charge in [-0.05, 0) is 37.5 Å². The van der Waals surface area contributed by atoms with E-state index in [9.17, 15) is 8.78 Å². The first-order valence-electron chi connectivity index (χ1n) is 6.94. The van der Waals surface area contributed by atoms with E-state index < -0.39 is 11.6 Å². The van der Waals surface area contributed by atoms with Crippen molar-refractivity contribution in [3.8, 4) is 11.6 Å². The Bertz CT molecular complexity index is 657. The second-order valence-electron chi connectivity index (χ2n) is 5.23.